The molecule has 1 aromatic heterocycles. The fourth-order valence-electron chi connectivity index (χ4n) is 4.51. The summed E-state index contributed by atoms with van der Waals surface area (Å²) in [6.07, 6.45) is 0.106. The second kappa shape index (κ2) is 13.6. The Balaban J connectivity index is 1.28. The molecule has 0 spiro atoms. The number of nitro benzene ring substituents is 1. The van der Waals surface area contributed by atoms with Crippen molar-refractivity contribution >= 4 is 57.2 Å². The van der Waals surface area contributed by atoms with E-state index in [0.717, 1.165) is 5.69 Å². The number of non-ortho nitro benzene ring substituents is 1. The molecule has 13 heteroatoms. The van der Waals surface area contributed by atoms with Crippen molar-refractivity contribution in [1.82, 2.24) is 14.8 Å². The van der Waals surface area contributed by atoms with E-state index in [4.69, 9.17) is 11.6 Å². The molecule has 11 nitrogen and oxygen atoms in total. The quantitative estimate of drug-likeness (QED) is 0.272. The van der Waals surface area contributed by atoms with Gasteiger partial charge in [0.1, 0.15) is 6.54 Å². The molecular weight excluding hydrogens is 568 g/mol. The summed E-state index contributed by atoms with van der Waals surface area (Å²) in [7, 11) is 0. The number of amides is 3. The molecule has 216 valence electrons. The van der Waals surface area contributed by atoms with E-state index in [2.05, 4.69) is 15.2 Å². The van der Waals surface area contributed by atoms with E-state index in [9.17, 15) is 24.5 Å². The van der Waals surface area contributed by atoms with Crippen LogP contribution in [0.1, 0.15) is 29.9 Å². The van der Waals surface area contributed by atoms with E-state index in [-0.39, 0.29) is 42.3 Å². The number of hydrogen-bond acceptors (Lipinski definition) is 8. The van der Waals surface area contributed by atoms with Crippen LogP contribution in [0.15, 0.2) is 53.9 Å². The summed E-state index contributed by atoms with van der Waals surface area (Å²) in [5.74, 6) is -0.633. The molecule has 1 fully saturated rings. The number of nitrogens with zero attached hydrogens (tertiary/aromatic N) is 5. The standard InChI is InChI=1S/C28H31ClN6O5S/c1-19(2)16-34(27(38)23-5-3-4-6-24(23)29)17-25(36)31-28-30-20(18-41-28)15-26(37)33-13-11-32(12-14-33)21-7-9-22(10-8-21)35(39)40/h3-10,18-19H,11-17H2,1-2H3,(H,30,31,36). The highest BCUT2D eigenvalue weighted by Crippen LogP contribution is 2.22. The van der Waals surface area contributed by atoms with Crippen LogP contribution in [0.2, 0.25) is 5.02 Å². The summed E-state index contributed by atoms with van der Waals surface area (Å²) in [6, 6.07) is 13.1. The van der Waals surface area contributed by atoms with Crippen molar-refractivity contribution in [2.75, 3.05) is 49.5 Å². The lowest BCUT2D eigenvalue weighted by Crippen LogP contribution is -2.49. The molecule has 2 aromatic carbocycles. The second-order valence-corrected chi connectivity index (χ2v) is 11.3. The number of nitrogens with one attached hydrogen (secondary N) is 1. The van der Waals surface area contributed by atoms with Gasteiger partial charge in [0.15, 0.2) is 5.13 Å². The zero-order chi connectivity index (χ0) is 29.5. The van der Waals surface area contributed by atoms with Gasteiger partial charge in [0.25, 0.3) is 11.6 Å². The van der Waals surface area contributed by atoms with Gasteiger partial charge in [-0.1, -0.05) is 37.6 Å². The molecule has 2 heterocycles. The van der Waals surface area contributed by atoms with Crippen molar-refractivity contribution in [2.45, 2.75) is 20.3 Å². The molecule has 1 saturated heterocycles. The molecule has 0 unspecified atom stereocenters. The highest BCUT2D eigenvalue weighted by Gasteiger charge is 2.24. The number of carbonyl (C=O) groups is 3. The van der Waals surface area contributed by atoms with Gasteiger partial charge in [0.2, 0.25) is 11.8 Å². The molecule has 0 radical (unpaired) electrons. The SMILES string of the molecule is CC(C)CN(CC(=O)Nc1nc(CC(=O)N2CCN(c3ccc([N+](=O)[O-])cc3)CC2)cs1)C(=O)c1ccccc1Cl. The van der Waals surface area contributed by atoms with E-state index in [1.807, 2.05) is 13.8 Å². The Morgan fingerprint density at radius 2 is 1.78 bits per heavy atom. The number of aromatic nitrogens is 1. The van der Waals surface area contributed by atoms with Gasteiger partial charge in [-0.05, 0) is 30.2 Å². The average molecular weight is 599 g/mol. The predicted octanol–water partition coefficient (Wildman–Crippen LogP) is 4.33. The van der Waals surface area contributed by atoms with Crippen molar-refractivity contribution in [3.05, 3.63) is 80.3 Å². The highest BCUT2D eigenvalue weighted by atomic mass is 35.5. The van der Waals surface area contributed by atoms with Gasteiger partial charge >= 0.3 is 0 Å². The molecule has 3 amide bonds. The summed E-state index contributed by atoms with van der Waals surface area (Å²) in [5.41, 5.74) is 1.81. The summed E-state index contributed by atoms with van der Waals surface area (Å²) >= 11 is 7.43. The van der Waals surface area contributed by atoms with Crippen LogP contribution >= 0.6 is 22.9 Å². The predicted molar refractivity (Wildman–Crippen MR) is 159 cm³/mol. The van der Waals surface area contributed by atoms with Crippen LogP contribution in [0.4, 0.5) is 16.5 Å². The van der Waals surface area contributed by atoms with E-state index in [1.165, 1.54) is 28.4 Å². The molecule has 3 aromatic rings. The minimum absolute atomic E-state index is 0.0415. The van der Waals surface area contributed by atoms with Gasteiger partial charge < -0.3 is 20.0 Å². The first kappa shape index (κ1) is 29.9. The first-order valence-electron chi connectivity index (χ1n) is 13.2. The van der Waals surface area contributed by atoms with Gasteiger partial charge in [-0.15, -0.1) is 11.3 Å². The van der Waals surface area contributed by atoms with Crippen molar-refractivity contribution in [1.29, 1.82) is 0 Å². The molecule has 4 rings (SSSR count). The highest BCUT2D eigenvalue weighted by molar-refractivity contribution is 7.13. The van der Waals surface area contributed by atoms with Crippen molar-refractivity contribution in [3.8, 4) is 0 Å². The number of rotatable bonds is 10. The molecule has 0 bridgehead atoms. The number of nitro groups is 1. The molecule has 1 N–H and O–H groups in total. The number of halogens is 1. The third-order valence-corrected chi connectivity index (χ3v) is 7.64. The van der Waals surface area contributed by atoms with E-state index in [1.54, 1.807) is 46.7 Å². The second-order valence-electron chi connectivity index (χ2n) is 10.1. The largest absolute Gasteiger partial charge is 0.368 e. The smallest absolute Gasteiger partial charge is 0.269 e. The van der Waals surface area contributed by atoms with Crippen LogP contribution in [0, 0.1) is 16.0 Å². The lowest BCUT2D eigenvalue weighted by molar-refractivity contribution is -0.384. The van der Waals surface area contributed by atoms with Crippen LogP contribution in [-0.2, 0) is 16.0 Å². The van der Waals surface area contributed by atoms with E-state index >= 15 is 0 Å². The fraction of sp³-hybridized carbons (Fsp3) is 0.357. The Kier molecular flexibility index (Phi) is 9.90. The topological polar surface area (TPSA) is 129 Å². The number of benzene rings is 2. The molecular formula is C28H31ClN6O5S. The third-order valence-electron chi connectivity index (χ3n) is 6.50. The first-order chi connectivity index (χ1) is 19.6. The zero-order valence-electron chi connectivity index (χ0n) is 22.8. The molecule has 0 aliphatic carbocycles. The molecule has 0 atom stereocenters. The zero-order valence-corrected chi connectivity index (χ0v) is 24.4. The molecule has 41 heavy (non-hydrogen) atoms. The number of piperazine rings is 1. The minimum atomic E-state index is -0.430. The van der Waals surface area contributed by atoms with Crippen molar-refractivity contribution in [3.63, 3.8) is 0 Å². The van der Waals surface area contributed by atoms with Gasteiger partial charge in [-0.25, -0.2) is 4.98 Å². The van der Waals surface area contributed by atoms with Crippen molar-refractivity contribution < 1.29 is 19.3 Å². The van der Waals surface area contributed by atoms with Gasteiger partial charge in [-0.2, -0.15) is 0 Å². The van der Waals surface area contributed by atoms with Crippen LogP contribution in [0.5, 0.6) is 0 Å². The average Bonchev–Trinajstić information content (AvgIpc) is 3.38. The number of anilines is 2. The Morgan fingerprint density at radius 3 is 2.41 bits per heavy atom. The fourth-order valence-corrected chi connectivity index (χ4v) is 5.45. The Bertz CT molecular complexity index is 1400. The Morgan fingerprint density at radius 1 is 1.10 bits per heavy atom. The van der Waals surface area contributed by atoms with Gasteiger partial charge in [0, 0.05) is 55.9 Å². The van der Waals surface area contributed by atoms with E-state index < -0.39 is 4.92 Å². The summed E-state index contributed by atoms with van der Waals surface area (Å²) in [4.78, 5) is 59.0. The van der Waals surface area contributed by atoms with E-state index in [0.29, 0.717) is 54.1 Å². The number of hydrogen-bond donors (Lipinski definition) is 1. The van der Waals surface area contributed by atoms with Gasteiger partial charge in [0.05, 0.1) is 27.6 Å². The lowest BCUT2D eigenvalue weighted by Gasteiger charge is -2.36. The number of carbonyl (C=O) groups excluding carboxylic acids is 3. The summed E-state index contributed by atoms with van der Waals surface area (Å²) in [6.45, 7) is 6.42. The molecule has 1 aliphatic heterocycles. The molecule has 1 aliphatic rings. The first-order valence-corrected chi connectivity index (χ1v) is 14.4. The van der Waals surface area contributed by atoms with Crippen LogP contribution < -0.4 is 10.2 Å². The lowest BCUT2D eigenvalue weighted by atomic mass is 10.1. The number of thiazole rings is 1. The maximum Gasteiger partial charge on any atom is 0.269 e. The Labute approximate surface area is 246 Å². The van der Waals surface area contributed by atoms with Crippen LogP contribution in [-0.4, -0.2) is 76.7 Å². The normalized spacial score (nSPS) is 13.3. The summed E-state index contributed by atoms with van der Waals surface area (Å²) < 4.78 is 0. The third kappa shape index (κ3) is 8.01. The minimum Gasteiger partial charge on any atom is -0.368 e. The monoisotopic (exact) mass is 598 g/mol. The Hall–Kier alpha value is -4.03. The summed E-state index contributed by atoms with van der Waals surface area (Å²) in [5, 5.41) is 16.0. The maximum atomic E-state index is 13.1. The van der Waals surface area contributed by atoms with Gasteiger partial charge in [-0.3, -0.25) is 24.5 Å². The van der Waals surface area contributed by atoms with Crippen LogP contribution in [0.25, 0.3) is 0 Å². The molecule has 0 saturated carbocycles. The van der Waals surface area contributed by atoms with Crippen molar-refractivity contribution in [2.24, 2.45) is 5.92 Å². The van der Waals surface area contributed by atoms with Crippen LogP contribution in [0.3, 0.4) is 0 Å². The maximum absolute atomic E-state index is 13.1.